The molecule has 2 aromatic rings. The van der Waals surface area contributed by atoms with Gasteiger partial charge in [0.2, 0.25) is 5.91 Å². The number of esters is 1. The molecule has 0 spiro atoms. The van der Waals surface area contributed by atoms with Crippen molar-refractivity contribution in [3.8, 4) is 5.75 Å². The third-order valence-electron chi connectivity index (χ3n) is 17.1. The molecule has 6 fully saturated rings. The number of ether oxygens (including phenoxy) is 10. The molecule has 23 nitrogen and oxygen atoms in total. The van der Waals surface area contributed by atoms with Crippen molar-refractivity contribution >= 4 is 23.9 Å². The zero-order valence-corrected chi connectivity index (χ0v) is 46.5. The van der Waals surface area contributed by atoms with Crippen molar-refractivity contribution in [3.05, 3.63) is 83.6 Å². The zero-order valence-electron chi connectivity index (χ0n) is 46.5. The number of hydrogen-bond donors (Lipinski definition) is 9. The summed E-state index contributed by atoms with van der Waals surface area (Å²) < 4.78 is 62.2. The van der Waals surface area contributed by atoms with Crippen LogP contribution in [0.25, 0.3) is 6.08 Å². The van der Waals surface area contributed by atoms with Crippen LogP contribution in [0.3, 0.4) is 0 Å². The summed E-state index contributed by atoms with van der Waals surface area (Å²) in [7, 11) is 0. The number of carbonyl (C=O) groups excluding carboxylic acids is 3. The molecule has 23 heteroatoms. The van der Waals surface area contributed by atoms with Gasteiger partial charge in [-0.05, 0) is 68.7 Å². The molecule has 2 saturated carbocycles. The molecule has 82 heavy (non-hydrogen) atoms. The van der Waals surface area contributed by atoms with Crippen molar-refractivity contribution in [1.29, 1.82) is 0 Å². The van der Waals surface area contributed by atoms with E-state index < -0.39 is 147 Å². The molecule has 9 N–H and O–H groups in total. The standard InChI is InChI=1S/C59H82N2O21/c1-4-34-25-37(54(70)60-20-23-73-57-49(69)51(45(65)42(28-62)79-57)74-30-38-26-36-18-11-12-19-39(36)75-31(38)2)27-40(50(34)82-58-48(68)47(67)44(64)32(3)76-58)78-59-53(81-56(72)35-16-9-6-10-17-35)52(46(66)43(29-63)80-59)77-41(55(71)61-21-13-22-61)24-33-14-7-5-8-15-33/h6,9-12,16-19,26,32-34,37,40-53,57-59,62-69H,2,4-5,7-8,13-15,20-25,27-30H2,1,3H3,(H,60,70)/t32?,34-,37?,40-,41+,42-,43?,44-,45-,46+,47+,48?,49?,50?,51?,52?,53?,57+,58+,59-/m1/s1. The first-order chi connectivity index (χ1) is 39.6. The predicted octanol–water partition coefficient (Wildman–Crippen LogP) is 1.23. The molecule has 4 saturated heterocycles. The van der Waals surface area contributed by atoms with E-state index in [2.05, 4.69) is 11.9 Å². The maximum atomic E-state index is 14.4. The van der Waals surface area contributed by atoms with E-state index in [1.807, 2.05) is 31.2 Å². The summed E-state index contributed by atoms with van der Waals surface area (Å²) in [5.74, 6) is -1.85. The molecule has 454 valence electrons. The Morgan fingerprint density at radius 3 is 2.12 bits per heavy atom. The van der Waals surface area contributed by atoms with Gasteiger partial charge in [-0.3, -0.25) is 9.59 Å². The van der Waals surface area contributed by atoms with Gasteiger partial charge in [0.1, 0.15) is 78.7 Å². The number of benzene rings is 2. The molecule has 2 aromatic carbocycles. The van der Waals surface area contributed by atoms with Crippen molar-refractivity contribution in [3.63, 3.8) is 0 Å². The first-order valence-electron chi connectivity index (χ1n) is 29.0. The zero-order chi connectivity index (χ0) is 58.2. The number of hydrogen-bond acceptors (Lipinski definition) is 21. The van der Waals surface area contributed by atoms with Gasteiger partial charge in [-0.1, -0.05) is 88.4 Å². The van der Waals surface area contributed by atoms with Crippen LogP contribution in [-0.2, 0) is 52.2 Å². The van der Waals surface area contributed by atoms with Crippen LogP contribution < -0.4 is 10.1 Å². The third kappa shape index (κ3) is 14.4. The maximum absolute atomic E-state index is 14.4. The molecule has 20 atom stereocenters. The molecule has 0 radical (unpaired) electrons. The first-order valence-corrected chi connectivity index (χ1v) is 29.0. The molecule has 5 heterocycles. The van der Waals surface area contributed by atoms with Gasteiger partial charge in [0.25, 0.3) is 5.91 Å². The van der Waals surface area contributed by atoms with Gasteiger partial charge in [0.15, 0.2) is 25.0 Å². The fourth-order valence-corrected chi connectivity index (χ4v) is 12.1. The van der Waals surface area contributed by atoms with Crippen molar-refractivity contribution in [1.82, 2.24) is 10.2 Å². The van der Waals surface area contributed by atoms with Crippen LogP contribution in [0.5, 0.6) is 5.75 Å². The Morgan fingerprint density at radius 1 is 0.732 bits per heavy atom. The van der Waals surface area contributed by atoms with Gasteiger partial charge in [-0.25, -0.2) is 4.79 Å². The minimum Gasteiger partial charge on any atom is -0.457 e. The minimum atomic E-state index is -1.72. The van der Waals surface area contributed by atoms with Crippen molar-refractivity contribution in [2.45, 2.75) is 188 Å². The van der Waals surface area contributed by atoms with E-state index in [1.165, 1.54) is 19.1 Å². The van der Waals surface area contributed by atoms with E-state index in [0.717, 1.165) is 44.1 Å². The fraction of sp³-hybridized carbons (Fsp3) is 0.678. The topological polar surface area (TPSA) is 321 Å². The van der Waals surface area contributed by atoms with Gasteiger partial charge in [0.05, 0.1) is 50.3 Å². The summed E-state index contributed by atoms with van der Waals surface area (Å²) in [5.41, 5.74) is 1.49. The van der Waals surface area contributed by atoms with Crippen molar-refractivity contribution in [2.24, 2.45) is 17.8 Å². The molecule has 0 bridgehead atoms. The molecular weight excluding hydrogens is 1070 g/mol. The minimum absolute atomic E-state index is 0.106. The Kier molecular flexibility index (Phi) is 21.6. The van der Waals surface area contributed by atoms with Crippen LogP contribution in [0.4, 0.5) is 0 Å². The number of likely N-dealkylation sites (tertiary alicyclic amines) is 1. The van der Waals surface area contributed by atoms with Crippen LogP contribution in [-0.4, -0.2) is 220 Å². The summed E-state index contributed by atoms with van der Waals surface area (Å²) in [6.45, 7) is 6.58. The molecule has 2 aliphatic carbocycles. The lowest BCUT2D eigenvalue weighted by molar-refractivity contribution is -0.349. The monoisotopic (exact) mass is 1150 g/mol. The molecule has 7 aliphatic rings. The number of nitrogens with zero attached hydrogens (tertiary/aromatic N) is 1. The number of rotatable bonds is 22. The highest BCUT2D eigenvalue weighted by atomic mass is 16.7. The van der Waals surface area contributed by atoms with E-state index in [-0.39, 0.29) is 50.0 Å². The fourth-order valence-electron chi connectivity index (χ4n) is 12.1. The van der Waals surface area contributed by atoms with Gasteiger partial charge in [-0.15, -0.1) is 0 Å². The number of amides is 2. The van der Waals surface area contributed by atoms with Crippen LogP contribution >= 0.6 is 0 Å². The summed E-state index contributed by atoms with van der Waals surface area (Å²) in [4.78, 5) is 44.5. The van der Waals surface area contributed by atoms with Crippen LogP contribution in [0.15, 0.2) is 72.5 Å². The molecule has 0 aromatic heterocycles. The second kappa shape index (κ2) is 28.6. The van der Waals surface area contributed by atoms with Gasteiger partial charge in [0, 0.05) is 36.7 Å². The van der Waals surface area contributed by atoms with E-state index in [0.29, 0.717) is 43.0 Å². The van der Waals surface area contributed by atoms with E-state index >= 15 is 0 Å². The number of para-hydroxylation sites is 1. The predicted molar refractivity (Wildman–Crippen MR) is 288 cm³/mol. The van der Waals surface area contributed by atoms with Gasteiger partial charge >= 0.3 is 5.97 Å². The lowest BCUT2D eigenvalue weighted by Crippen LogP contribution is -2.64. The molecule has 2 amide bonds. The Morgan fingerprint density at radius 2 is 1.43 bits per heavy atom. The lowest BCUT2D eigenvalue weighted by atomic mass is 9.75. The summed E-state index contributed by atoms with van der Waals surface area (Å²) in [5, 5.41) is 91.0. The Bertz CT molecular complexity index is 2460. The van der Waals surface area contributed by atoms with Crippen LogP contribution in [0.2, 0.25) is 0 Å². The number of aliphatic hydroxyl groups excluding tert-OH is 8. The average Bonchev–Trinajstić information content (AvgIpc) is 3.63. The largest absolute Gasteiger partial charge is 0.457 e. The smallest absolute Gasteiger partial charge is 0.338 e. The van der Waals surface area contributed by atoms with Gasteiger partial charge in [-0.2, -0.15) is 0 Å². The maximum Gasteiger partial charge on any atom is 0.338 e. The highest BCUT2D eigenvalue weighted by Gasteiger charge is 2.55. The first kappa shape index (κ1) is 62.0. The highest BCUT2D eigenvalue weighted by Crippen LogP contribution is 2.41. The Labute approximate surface area is 477 Å². The molecule has 5 aliphatic heterocycles. The second-order valence-electron chi connectivity index (χ2n) is 22.6. The number of aliphatic hydroxyl groups is 8. The Hall–Kier alpha value is -4.51. The number of carbonyl (C=O) groups is 3. The van der Waals surface area contributed by atoms with E-state index in [9.17, 15) is 55.2 Å². The van der Waals surface area contributed by atoms with Crippen molar-refractivity contribution in [2.75, 3.05) is 46.1 Å². The third-order valence-corrected chi connectivity index (χ3v) is 17.1. The van der Waals surface area contributed by atoms with Crippen LogP contribution in [0.1, 0.15) is 94.0 Å². The summed E-state index contributed by atoms with van der Waals surface area (Å²) in [6, 6.07) is 15.4. The SMILES string of the molecule is C=C1Oc2ccccc2C=C1COC1C(O)[C@@H](OCCNC(=O)C2C[C@@H](CC)C(O[C@@H]3OC(C)[C@@H](O)[C@H](O)C3O)[C@H](O[C@@H]3OC(CO)[C@H](O)C(O[C@@H](CC4CCCCC4)C(=O)N4CCC4)C3OC(=O)c3ccccc3)C2)O[C@H](CO)[C@H]1O. The van der Waals surface area contributed by atoms with E-state index in [1.54, 1.807) is 29.2 Å². The molecular formula is C59H82N2O21. The number of nitrogens with one attached hydrogen (secondary N) is 1. The second-order valence-corrected chi connectivity index (χ2v) is 22.6. The number of fused-ring (bicyclic) bond motifs is 1. The normalized spacial score (nSPS) is 36.5. The molecule has 9 rings (SSSR count). The lowest BCUT2D eigenvalue weighted by Gasteiger charge is -2.49. The van der Waals surface area contributed by atoms with E-state index in [4.69, 9.17) is 47.4 Å². The van der Waals surface area contributed by atoms with Crippen molar-refractivity contribution < 1.29 is 103 Å². The summed E-state index contributed by atoms with van der Waals surface area (Å²) in [6.07, 6.45) is -17.0. The van der Waals surface area contributed by atoms with Gasteiger partial charge < -0.3 is 98.4 Å². The average molecular weight is 1160 g/mol. The quantitative estimate of drug-likeness (QED) is 0.0591. The molecule has 9 unspecified atom stereocenters. The summed E-state index contributed by atoms with van der Waals surface area (Å²) >= 11 is 0. The Balaban J connectivity index is 0.937. The highest BCUT2D eigenvalue weighted by molar-refractivity contribution is 5.89. The van der Waals surface area contributed by atoms with Crippen LogP contribution in [0, 0.1) is 17.8 Å².